The number of benzene rings is 2. The molecule has 12 saturated carbocycles. The third-order valence-corrected chi connectivity index (χ3v) is 22.7. The van der Waals surface area contributed by atoms with Gasteiger partial charge in [-0.3, -0.25) is 9.59 Å². The number of hydrogen-bond donors (Lipinski definition) is 2. The first kappa shape index (κ1) is 46.1. The number of ether oxygens (including phenoxy) is 4. The summed E-state index contributed by atoms with van der Waals surface area (Å²) in [7, 11) is 3.40. The zero-order valence-corrected chi connectivity index (χ0v) is 42.1. The Morgan fingerprint density at radius 1 is 0.514 bits per heavy atom. The predicted octanol–water partition coefficient (Wildman–Crippen LogP) is 9.95. The van der Waals surface area contributed by atoms with Gasteiger partial charge in [0.1, 0.15) is 22.7 Å². The SMILES string of the molecule is COc1ccc2c(c1)CC[C@@H]1[C@@H]2CC[C@]2(C)C(=O)[C@@](O)(C(=O)OC34CC5CC(CC(C5)C3)C4)C[C@@H]12.COc1ccc2c(c1)CC[C@@H]1[C@@H]2CC[C@]2(C)C(=O)[C@@](O)(C(=O)OC34CC5CC(CC(C5)C3)C4)C[C@@H]12. The van der Waals surface area contributed by atoms with Crippen LogP contribution in [-0.4, -0.2) is 70.3 Å². The van der Waals surface area contributed by atoms with Gasteiger partial charge in [-0.1, -0.05) is 26.0 Å². The summed E-state index contributed by atoms with van der Waals surface area (Å²) >= 11 is 0. The standard InChI is InChI=1S/2C30H38O5/c2*1-28-8-7-23-22-6-4-21(34-2)12-20(22)3-5-24(23)25(28)16-30(33,26(28)31)27(32)35-29-13-17-9-18(14-29)11-19(10-17)15-29/h2*4,6,12,17-19,23-25,33H,3,5,7-11,13-16H2,1-2H3/t2*17?,18?,19?,23-,24-,25+,28+,29?,30-/m11/s1. The molecule has 10 heteroatoms. The Kier molecular flexibility index (Phi) is 10.4. The van der Waals surface area contributed by atoms with Crippen molar-refractivity contribution in [1.82, 2.24) is 0 Å². The van der Waals surface area contributed by atoms with Crippen molar-refractivity contribution in [2.75, 3.05) is 14.2 Å². The molecule has 2 N–H and O–H groups in total. The van der Waals surface area contributed by atoms with E-state index >= 15 is 0 Å². The second-order valence-electron chi connectivity index (χ2n) is 26.6. The lowest BCUT2D eigenvalue weighted by Crippen LogP contribution is -2.56. The largest absolute Gasteiger partial charge is 0.497 e. The molecule has 0 aliphatic heterocycles. The Bertz CT molecular complexity index is 2290. The molecular weight excluding hydrogens is 881 g/mol. The minimum absolute atomic E-state index is 0.0120. The number of ketones is 2. The van der Waals surface area contributed by atoms with Crippen LogP contribution in [0.15, 0.2) is 36.4 Å². The van der Waals surface area contributed by atoms with Gasteiger partial charge in [0.2, 0.25) is 11.2 Å². The van der Waals surface area contributed by atoms with Gasteiger partial charge in [-0.2, -0.15) is 0 Å². The third kappa shape index (κ3) is 6.81. The van der Waals surface area contributed by atoms with Crippen LogP contribution < -0.4 is 9.47 Å². The summed E-state index contributed by atoms with van der Waals surface area (Å²) in [6.07, 6.45) is 20.7. The number of methoxy groups -OCH3 is 2. The third-order valence-electron chi connectivity index (χ3n) is 22.7. The fourth-order valence-corrected chi connectivity index (χ4v) is 20.3. The molecule has 0 radical (unpaired) electrons. The molecule has 0 aromatic heterocycles. The first-order valence-corrected chi connectivity index (χ1v) is 27.8. The molecule has 376 valence electrons. The minimum Gasteiger partial charge on any atom is -0.497 e. The molecule has 12 fully saturated rings. The minimum atomic E-state index is -1.99. The summed E-state index contributed by atoms with van der Waals surface area (Å²) in [5.41, 5.74) is -0.753. The lowest BCUT2D eigenvalue weighted by molar-refractivity contribution is -0.205. The smallest absolute Gasteiger partial charge is 0.346 e. The van der Waals surface area contributed by atoms with Gasteiger partial charge >= 0.3 is 11.9 Å². The molecule has 0 spiro atoms. The molecule has 14 aliphatic carbocycles. The number of rotatable bonds is 6. The first-order valence-electron chi connectivity index (χ1n) is 27.8. The van der Waals surface area contributed by atoms with Crippen LogP contribution in [0, 0.1) is 70.0 Å². The van der Waals surface area contributed by atoms with E-state index < -0.39 is 45.2 Å². The van der Waals surface area contributed by atoms with E-state index in [2.05, 4.69) is 24.3 Å². The van der Waals surface area contributed by atoms with Crippen LogP contribution in [0.3, 0.4) is 0 Å². The molecule has 70 heavy (non-hydrogen) atoms. The average molecular weight is 957 g/mol. The van der Waals surface area contributed by atoms with Crippen molar-refractivity contribution in [2.45, 2.75) is 189 Å². The summed E-state index contributed by atoms with van der Waals surface area (Å²) in [6, 6.07) is 12.8. The normalized spacial score (nSPS) is 47.1. The van der Waals surface area contributed by atoms with Crippen LogP contribution in [0.25, 0.3) is 0 Å². The van der Waals surface area contributed by atoms with Crippen molar-refractivity contribution in [1.29, 1.82) is 0 Å². The van der Waals surface area contributed by atoms with E-state index in [1.54, 1.807) is 14.2 Å². The average Bonchev–Trinajstić information content (AvgIpc) is 3.68. The van der Waals surface area contributed by atoms with Gasteiger partial charge in [0.05, 0.1) is 14.2 Å². The van der Waals surface area contributed by atoms with Crippen LogP contribution in [-0.2, 0) is 41.5 Å². The maximum absolute atomic E-state index is 13.8. The van der Waals surface area contributed by atoms with E-state index in [9.17, 15) is 29.4 Å². The Labute approximate surface area is 414 Å². The lowest BCUT2D eigenvalue weighted by atomic mass is 9.54. The second kappa shape index (κ2) is 15.9. The maximum Gasteiger partial charge on any atom is 0.346 e. The molecular formula is C60H76O10. The van der Waals surface area contributed by atoms with E-state index in [0.717, 1.165) is 101 Å². The lowest BCUT2D eigenvalue weighted by Gasteiger charge is -2.56. The highest BCUT2D eigenvalue weighted by atomic mass is 16.6. The summed E-state index contributed by atoms with van der Waals surface area (Å²) in [4.78, 5) is 55.0. The highest BCUT2D eigenvalue weighted by Gasteiger charge is 2.70. The monoisotopic (exact) mass is 957 g/mol. The summed E-state index contributed by atoms with van der Waals surface area (Å²) < 4.78 is 23.4. The van der Waals surface area contributed by atoms with E-state index in [1.165, 1.54) is 60.8 Å². The molecule has 2 aromatic rings. The molecule has 0 amide bonds. The summed E-state index contributed by atoms with van der Waals surface area (Å²) in [6.45, 7) is 4.02. The number of fused-ring (bicyclic) bond motifs is 10. The zero-order valence-electron chi connectivity index (χ0n) is 42.1. The fourth-order valence-electron chi connectivity index (χ4n) is 20.3. The van der Waals surface area contributed by atoms with Crippen LogP contribution in [0.1, 0.15) is 176 Å². The van der Waals surface area contributed by atoms with Gasteiger partial charge < -0.3 is 29.2 Å². The summed E-state index contributed by atoms with van der Waals surface area (Å²) in [5.74, 6) is 5.19. The van der Waals surface area contributed by atoms with Crippen molar-refractivity contribution in [3.63, 3.8) is 0 Å². The zero-order chi connectivity index (χ0) is 48.3. The van der Waals surface area contributed by atoms with Crippen molar-refractivity contribution in [3.05, 3.63) is 58.7 Å². The maximum atomic E-state index is 13.8. The number of aliphatic hydroxyl groups is 2. The van der Waals surface area contributed by atoms with Gasteiger partial charge in [0.15, 0.2) is 11.6 Å². The Balaban J connectivity index is 0.000000137. The predicted molar refractivity (Wildman–Crippen MR) is 260 cm³/mol. The van der Waals surface area contributed by atoms with Crippen molar-refractivity contribution < 1.29 is 48.3 Å². The van der Waals surface area contributed by atoms with Gasteiger partial charge in [0, 0.05) is 10.8 Å². The van der Waals surface area contributed by atoms with E-state index in [4.69, 9.17) is 18.9 Å². The van der Waals surface area contributed by atoms with E-state index in [-0.39, 0.29) is 36.2 Å². The number of Topliss-reactive ketones (excluding diaryl/α,β-unsaturated/α-hetero) is 2. The number of aryl methyl sites for hydroxylation is 2. The van der Waals surface area contributed by atoms with Gasteiger partial charge in [-0.15, -0.1) is 0 Å². The second-order valence-corrected chi connectivity index (χ2v) is 26.6. The Hall–Kier alpha value is -3.76. The molecule has 10 nitrogen and oxygen atoms in total. The van der Waals surface area contributed by atoms with Gasteiger partial charge in [0.25, 0.3) is 0 Å². The topological polar surface area (TPSA) is 146 Å². The molecule has 0 unspecified atom stereocenters. The number of carbonyl (C=O) groups is 4. The van der Waals surface area contributed by atoms with Crippen molar-refractivity contribution >= 4 is 23.5 Å². The van der Waals surface area contributed by atoms with Crippen molar-refractivity contribution in [3.8, 4) is 11.5 Å². The van der Waals surface area contributed by atoms with Gasteiger partial charge in [-0.05, 0) is 259 Å². The molecule has 0 heterocycles. The highest BCUT2D eigenvalue weighted by molar-refractivity contribution is 6.12. The Morgan fingerprint density at radius 2 is 0.857 bits per heavy atom. The molecule has 0 saturated heterocycles. The Morgan fingerprint density at radius 3 is 1.19 bits per heavy atom. The highest BCUT2D eigenvalue weighted by Crippen LogP contribution is 2.65. The molecule has 16 rings (SSSR count). The number of hydrogen-bond acceptors (Lipinski definition) is 10. The quantitative estimate of drug-likeness (QED) is 0.212. The van der Waals surface area contributed by atoms with Crippen LogP contribution >= 0.6 is 0 Å². The number of esters is 2. The summed E-state index contributed by atoms with van der Waals surface area (Å²) in [5, 5.41) is 23.5. The number of carbonyl (C=O) groups excluding carboxylic acids is 4. The van der Waals surface area contributed by atoms with Crippen LogP contribution in [0.4, 0.5) is 0 Å². The molecule has 8 bridgehead atoms. The van der Waals surface area contributed by atoms with Crippen LogP contribution in [0.5, 0.6) is 11.5 Å². The van der Waals surface area contributed by atoms with Gasteiger partial charge in [-0.25, -0.2) is 9.59 Å². The molecule has 2 aromatic carbocycles. The molecule has 14 aliphatic rings. The van der Waals surface area contributed by atoms with Crippen molar-refractivity contribution in [2.24, 2.45) is 70.0 Å². The molecule has 10 atom stereocenters. The first-order chi connectivity index (χ1) is 33.5. The van der Waals surface area contributed by atoms with E-state index in [1.807, 2.05) is 26.0 Å². The van der Waals surface area contributed by atoms with Crippen LogP contribution in [0.2, 0.25) is 0 Å². The fraction of sp³-hybridized carbons (Fsp3) is 0.733. The van der Waals surface area contributed by atoms with E-state index in [0.29, 0.717) is 59.2 Å².